The van der Waals surface area contributed by atoms with Gasteiger partial charge in [0, 0.05) is 16.1 Å². The molecule has 0 saturated heterocycles. The molecule has 8 heteroatoms. The third-order valence-corrected chi connectivity index (χ3v) is 4.82. The first-order chi connectivity index (χ1) is 13.9. The van der Waals surface area contributed by atoms with Gasteiger partial charge in [-0.2, -0.15) is 0 Å². The van der Waals surface area contributed by atoms with Crippen molar-refractivity contribution < 1.29 is 19.1 Å². The van der Waals surface area contributed by atoms with Crippen LogP contribution >= 0.6 is 23.8 Å². The maximum Gasteiger partial charge on any atom is 0.257 e. The molecule has 6 nitrogen and oxygen atoms in total. The summed E-state index contributed by atoms with van der Waals surface area (Å²) in [6.45, 7) is 1.68. The predicted octanol–water partition coefficient (Wildman–Crippen LogP) is 4.54. The molecule has 0 radical (unpaired) electrons. The van der Waals surface area contributed by atoms with Crippen LogP contribution < -0.4 is 15.4 Å². The highest BCUT2D eigenvalue weighted by atomic mass is 35.5. The number of carbonyl (C=O) groups excluding carboxylic acids is 1. The smallest absolute Gasteiger partial charge is 0.257 e. The van der Waals surface area contributed by atoms with E-state index in [1.54, 1.807) is 42.5 Å². The second-order valence-electron chi connectivity index (χ2n) is 6.21. The Morgan fingerprint density at radius 1 is 1.21 bits per heavy atom. The summed E-state index contributed by atoms with van der Waals surface area (Å²) in [4.78, 5) is 12.4. The van der Waals surface area contributed by atoms with Gasteiger partial charge in [-0.15, -0.1) is 0 Å². The number of hydrogen-bond acceptors (Lipinski definition) is 5. The largest absolute Gasteiger partial charge is 0.495 e. The topological polar surface area (TPSA) is 83.7 Å². The Bertz CT molecular complexity index is 1060. The number of nitrogens with one attached hydrogen (secondary N) is 2. The van der Waals surface area contributed by atoms with Gasteiger partial charge in [-0.3, -0.25) is 10.1 Å². The van der Waals surface area contributed by atoms with E-state index in [0.29, 0.717) is 33.5 Å². The van der Waals surface area contributed by atoms with E-state index in [1.165, 1.54) is 7.11 Å². The molecule has 2 aromatic carbocycles. The molecule has 1 aromatic heterocycles. The van der Waals surface area contributed by atoms with Crippen molar-refractivity contribution >= 4 is 40.5 Å². The Kier molecular flexibility index (Phi) is 6.53. The summed E-state index contributed by atoms with van der Waals surface area (Å²) in [6.07, 6.45) is 0. The lowest BCUT2D eigenvalue weighted by Crippen LogP contribution is -2.34. The van der Waals surface area contributed by atoms with Crippen molar-refractivity contribution in [2.75, 3.05) is 12.4 Å². The van der Waals surface area contributed by atoms with E-state index < -0.39 is 0 Å². The van der Waals surface area contributed by atoms with E-state index in [0.717, 1.165) is 11.1 Å². The van der Waals surface area contributed by atoms with E-state index in [-0.39, 0.29) is 17.6 Å². The first-order valence-electron chi connectivity index (χ1n) is 8.67. The van der Waals surface area contributed by atoms with Gasteiger partial charge in [0.25, 0.3) is 5.91 Å². The molecule has 0 fully saturated rings. The lowest BCUT2D eigenvalue weighted by atomic mass is 10.1. The second-order valence-corrected chi connectivity index (χ2v) is 7.03. The highest BCUT2D eigenvalue weighted by Crippen LogP contribution is 2.31. The number of furan rings is 1. The Hall–Kier alpha value is -2.87. The Morgan fingerprint density at radius 2 is 2.00 bits per heavy atom. The maximum atomic E-state index is 12.4. The fourth-order valence-electron chi connectivity index (χ4n) is 2.64. The molecule has 0 unspecified atom stereocenters. The van der Waals surface area contributed by atoms with Crippen LogP contribution in [0.1, 0.15) is 21.7 Å². The van der Waals surface area contributed by atoms with Gasteiger partial charge in [0.05, 0.1) is 12.8 Å². The summed E-state index contributed by atoms with van der Waals surface area (Å²) >= 11 is 11.4. The number of thiocarbonyl (C=S) groups is 1. The van der Waals surface area contributed by atoms with Gasteiger partial charge in [0.2, 0.25) is 0 Å². The number of aliphatic hydroxyl groups is 1. The van der Waals surface area contributed by atoms with Crippen molar-refractivity contribution in [2.24, 2.45) is 0 Å². The summed E-state index contributed by atoms with van der Waals surface area (Å²) in [7, 11) is 1.53. The molecule has 3 N–H and O–H groups in total. The van der Waals surface area contributed by atoms with Crippen molar-refractivity contribution in [3.05, 3.63) is 70.4 Å². The number of amides is 1. The summed E-state index contributed by atoms with van der Waals surface area (Å²) in [5.41, 5.74) is 2.59. The summed E-state index contributed by atoms with van der Waals surface area (Å²) in [5, 5.41) is 15.4. The van der Waals surface area contributed by atoms with Crippen LogP contribution in [0.5, 0.6) is 5.75 Å². The van der Waals surface area contributed by atoms with Crippen molar-refractivity contribution in [3.63, 3.8) is 0 Å². The molecule has 0 aliphatic rings. The van der Waals surface area contributed by atoms with Gasteiger partial charge in [-0.05, 0) is 67.2 Å². The molecule has 3 rings (SSSR count). The summed E-state index contributed by atoms with van der Waals surface area (Å²) in [6, 6.07) is 13.8. The first kappa shape index (κ1) is 20.9. The van der Waals surface area contributed by atoms with Crippen LogP contribution in [-0.2, 0) is 6.61 Å². The number of aliphatic hydroxyl groups excluding tert-OH is 1. The average Bonchev–Trinajstić information content (AvgIpc) is 3.19. The highest BCUT2D eigenvalue weighted by Gasteiger charge is 2.13. The van der Waals surface area contributed by atoms with Crippen LogP contribution in [0.2, 0.25) is 5.02 Å². The SMILES string of the molecule is COc1ccc(-c2ccc(CO)o2)cc1NC(=S)NC(=O)c1ccc(C)c(Cl)c1. The molecule has 0 spiro atoms. The number of carbonyl (C=O) groups is 1. The van der Waals surface area contributed by atoms with Crippen molar-refractivity contribution in [1.29, 1.82) is 0 Å². The summed E-state index contributed by atoms with van der Waals surface area (Å²) < 4.78 is 10.9. The van der Waals surface area contributed by atoms with Crippen LogP contribution in [0.3, 0.4) is 0 Å². The maximum absolute atomic E-state index is 12.4. The lowest BCUT2D eigenvalue weighted by Gasteiger charge is -2.14. The van der Waals surface area contributed by atoms with Crippen molar-refractivity contribution in [1.82, 2.24) is 5.32 Å². The molecule has 150 valence electrons. The van der Waals surface area contributed by atoms with E-state index in [9.17, 15) is 9.90 Å². The quantitative estimate of drug-likeness (QED) is 0.515. The molecule has 0 saturated carbocycles. The van der Waals surface area contributed by atoms with Crippen LogP contribution in [0, 0.1) is 6.92 Å². The number of methoxy groups -OCH3 is 1. The second kappa shape index (κ2) is 9.09. The monoisotopic (exact) mass is 430 g/mol. The molecule has 1 amide bonds. The van der Waals surface area contributed by atoms with Gasteiger partial charge < -0.3 is 19.6 Å². The minimum atomic E-state index is -0.377. The number of rotatable bonds is 5. The van der Waals surface area contributed by atoms with Gasteiger partial charge >= 0.3 is 0 Å². The predicted molar refractivity (Wildman–Crippen MR) is 116 cm³/mol. The van der Waals surface area contributed by atoms with Crippen LogP contribution in [-0.4, -0.2) is 23.2 Å². The Morgan fingerprint density at radius 3 is 2.66 bits per heavy atom. The zero-order chi connectivity index (χ0) is 21.0. The zero-order valence-electron chi connectivity index (χ0n) is 15.8. The molecule has 1 heterocycles. The number of benzene rings is 2. The van der Waals surface area contributed by atoms with E-state index in [1.807, 2.05) is 13.0 Å². The Balaban J connectivity index is 1.77. The van der Waals surface area contributed by atoms with Gasteiger partial charge in [-0.25, -0.2) is 0 Å². The molecular formula is C21H19ClN2O4S. The number of ether oxygens (including phenoxy) is 1. The van der Waals surface area contributed by atoms with E-state index in [4.69, 9.17) is 33.0 Å². The van der Waals surface area contributed by atoms with Crippen LogP contribution in [0.4, 0.5) is 5.69 Å². The molecule has 0 bridgehead atoms. The van der Waals surface area contributed by atoms with Gasteiger partial charge in [-0.1, -0.05) is 17.7 Å². The van der Waals surface area contributed by atoms with E-state index >= 15 is 0 Å². The first-order valence-corrected chi connectivity index (χ1v) is 9.46. The zero-order valence-corrected chi connectivity index (χ0v) is 17.4. The third-order valence-electron chi connectivity index (χ3n) is 4.21. The lowest BCUT2D eigenvalue weighted by molar-refractivity contribution is 0.0977. The Labute approximate surface area is 178 Å². The fourth-order valence-corrected chi connectivity index (χ4v) is 3.02. The number of aryl methyl sites for hydroxylation is 1. The van der Waals surface area contributed by atoms with Gasteiger partial charge in [0.1, 0.15) is 23.9 Å². The van der Waals surface area contributed by atoms with Crippen molar-refractivity contribution in [3.8, 4) is 17.1 Å². The van der Waals surface area contributed by atoms with Crippen molar-refractivity contribution in [2.45, 2.75) is 13.5 Å². The molecule has 0 aliphatic heterocycles. The fraction of sp³-hybridized carbons (Fsp3) is 0.143. The number of anilines is 1. The summed E-state index contributed by atoms with van der Waals surface area (Å²) in [5.74, 6) is 1.21. The highest BCUT2D eigenvalue weighted by molar-refractivity contribution is 7.80. The molecule has 0 aliphatic carbocycles. The normalized spacial score (nSPS) is 10.5. The van der Waals surface area contributed by atoms with Crippen LogP contribution in [0.25, 0.3) is 11.3 Å². The molecule has 29 heavy (non-hydrogen) atoms. The van der Waals surface area contributed by atoms with Gasteiger partial charge in [0.15, 0.2) is 5.11 Å². The molecular weight excluding hydrogens is 412 g/mol. The average molecular weight is 431 g/mol. The molecule has 0 atom stereocenters. The van der Waals surface area contributed by atoms with E-state index in [2.05, 4.69) is 10.6 Å². The number of hydrogen-bond donors (Lipinski definition) is 3. The number of halogens is 1. The standard InChI is InChI=1S/C21H19ClN2O4S/c1-12-3-4-14(9-16(12)22)20(26)24-21(29)23-17-10-13(5-7-19(17)27-2)18-8-6-15(11-25)28-18/h3-10,25H,11H2,1-2H3,(H2,23,24,26,29). The van der Waals surface area contributed by atoms with Crippen LogP contribution in [0.15, 0.2) is 52.9 Å². The minimum Gasteiger partial charge on any atom is -0.495 e. The molecule has 3 aromatic rings. The minimum absolute atomic E-state index is 0.109. The third kappa shape index (κ3) is 4.95.